The number of benzene rings is 2. The zero-order chi connectivity index (χ0) is 12.5. The Morgan fingerprint density at radius 3 is 2.78 bits per heavy atom. The van der Waals surface area contributed by atoms with Crippen molar-refractivity contribution in [3.63, 3.8) is 0 Å². The molecule has 1 aromatic heterocycles. The highest BCUT2D eigenvalue weighted by Gasteiger charge is 2.13. The van der Waals surface area contributed by atoms with Crippen molar-refractivity contribution in [1.29, 1.82) is 0 Å². The maximum absolute atomic E-state index is 5.85. The highest BCUT2D eigenvalue weighted by atomic mass is 16.5. The quantitative estimate of drug-likeness (QED) is 0.634. The van der Waals surface area contributed by atoms with Crippen LogP contribution in [0.5, 0.6) is 5.75 Å². The number of hydrogen-bond acceptors (Lipinski definition) is 2. The van der Waals surface area contributed by atoms with Gasteiger partial charge in [-0.3, -0.25) is 0 Å². The van der Waals surface area contributed by atoms with Crippen LogP contribution >= 0.6 is 0 Å². The van der Waals surface area contributed by atoms with E-state index in [1.165, 1.54) is 0 Å². The number of para-hydroxylation sites is 1. The summed E-state index contributed by atoms with van der Waals surface area (Å²) in [6, 6.07) is 12.0. The zero-order valence-electron chi connectivity index (χ0n) is 10.3. The Kier molecular flexibility index (Phi) is 2.56. The van der Waals surface area contributed by atoms with E-state index < -0.39 is 0 Å². The van der Waals surface area contributed by atoms with Crippen LogP contribution < -0.4 is 4.74 Å². The molecule has 90 valence electrons. The molecule has 0 N–H and O–H groups in total. The van der Waals surface area contributed by atoms with Gasteiger partial charge in [-0.15, -0.1) is 6.58 Å². The minimum Gasteiger partial charge on any atom is -0.496 e. The summed E-state index contributed by atoms with van der Waals surface area (Å²) in [7, 11) is 1.69. The molecule has 0 radical (unpaired) electrons. The second kappa shape index (κ2) is 4.22. The number of fused-ring (bicyclic) bond motifs is 3. The van der Waals surface area contributed by atoms with Gasteiger partial charge in [0.05, 0.1) is 7.11 Å². The lowest BCUT2D eigenvalue weighted by Gasteiger charge is -2.07. The molecule has 3 rings (SSSR count). The van der Waals surface area contributed by atoms with E-state index in [4.69, 9.17) is 9.15 Å². The van der Waals surface area contributed by atoms with Crippen LogP contribution in [-0.4, -0.2) is 7.11 Å². The maximum Gasteiger partial charge on any atom is 0.135 e. The van der Waals surface area contributed by atoms with Crippen LogP contribution in [0.25, 0.3) is 21.9 Å². The van der Waals surface area contributed by atoms with Crippen molar-refractivity contribution >= 4 is 21.9 Å². The van der Waals surface area contributed by atoms with E-state index in [1.54, 1.807) is 7.11 Å². The summed E-state index contributed by atoms with van der Waals surface area (Å²) in [4.78, 5) is 0. The predicted octanol–water partition coefficient (Wildman–Crippen LogP) is 4.32. The third-order valence-electron chi connectivity index (χ3n) is 3.18. The summed E-state index contributed by atoms with van der Waals surface area (Å²) >= 11 is 0. The van der Waals surface area contributed by atoms with Crippen LogP contribution in [0.15, 0.2) is 53.5 Å². The van der Waals surface area contributed by atoms with Gasteiger partial charge in [-0.1, -0.05) is 24.3 Å². The van der Waals surface area contributed by atoms with Crippen molar-refractivity contribution in [2.24, 2.45) is 0 Å². The zero-order valence-corrected chi connectivity index (χ0v) is 10.3. The molecule has 0 aliphatic carbocycles. The first-order valence-electron chi connectivity index (χ1n) is 5.93. The number of allylic oxidation sites excluding steroid dienone is 1. The van der Waals surface area contributed by atoms with Gasteiger partial charge in [0.25, 0.3) is 0 Å². The molecule has 0 unspecified atom stereocenters. The van der Waals surface area contributed by atoms with Crippen LogP contribution in [-0.2, 0) is 6.42 Å². The minimum absolute atomic E-state index is 0.768. The molecule has 1 heterocycles. The summed E-state index contributed by atoms with van der Waals surface area (Å²) in [6.45, 7) is 3.82. The molecular formula is C16H14O2. The first-order chi connectivity index (χ1) is 8.85. The van der Waals surface area contributed by atoms with Gasteiger partial charge in [0.1, 0.15) is 16.9 Å². The van der Waals surface area contributed by atoms with Crippen LogP contribution in [0, 0.1) is 0 Å². The van der Waals surface area contributed by atoms with Crippen molar-refractivity contribution in [3.05, 3.63) is 54.6 Å². The van der Waals surface area contributed by atoms with Gasteiger partial charge in [-0.2, -0.15) is 0 Å². The smallest absolute Gasteiger partial charge is 0.135 e. The molecule has 18 heavy (non-hydrogen) atoms. The SMILES string of the molecule is C=CCc1c(OC)ccc2oc3ccccc3c12. The Bertz CT molecular complexity index is 722. The normalized spacial score (nSPS) is 10.9. The van der Waals surface area contributed by atoms with Gasteiger partial charge >= 0.3 is 0 Å². The Labute approximate surface area is 105 Å². The van der Waals surface area contributed by atoms with Crippen molar-refractivity contribution < 1.29 is 9.15 Å². The number of methoxy groups -OCH3 is 1. The second-order valence-electron chi connectivity index (χ2n) is 4.21. The Morgan fingerprint density at radius 2 is 2.00 bits per heavy atom. The fourth-order valence-electron chi connectivity index (χ4n) is 2.41. The third-order valence-corrected chi connectivity index (χ3v) is 3.18. The highest BCUT2D eigenvalue weighted by molar-refractivity contribution is 6.07. The molecule has 0 spiro atoms. The molecule has 2 aromatic carbocycles. The standard InChI is InChI=1S/C16H14O2/c1-3-6-11-13(17-2)9-10-15-16(11)12-7-4-5-8-14(12)18-15/h3-5,7-10H,1,6H2,2H3. The summed E-state index contributed by atoms with van der Waals surface area (Å²) in [5, 5.41) is 2.26. The van der Waals surface area contributed by atoms with E-state index in [-0.39, 0.29) is 0 Å². The lowest BCUT2D eigenvalue weighted by Crippen LogP contribution is -1.91. The molecule has 2 nitrogen and oxygen atoms in total. The fraction of sp³-hybridized carbons (Fsp3) is 0.125. The van der Waals surface area contributed by atoms with Gasteiger partial charge in [-0.05, 0) is 24.6 Å². The van der Waals surface area contributed by atoms with Gasteiger partial charge in [0.2, 0.25) is 0 Å². The molecule has 0 saturated heterocycles. The summed E-state index contributed by atoms with van der Waals surface area (Å²) in [6.07, 6.45) is 2.66. The van der Waals surface area contributed by atoms with Crippen molar-refractivity contribution in [3.8, 4) is 5.75 Å². The molecule has 0 aliphatic heterocycles. The van der Waals surface area contributed by atoms with Gasteiger partial charge in [0.15, 0.2) is 0 Å². The highest BCUT2D eigenvalue weighted by Crippen LogP contribution is 2.36. The average molecular weight is 238 g/mol. The molecule has 0 fully saturated rings. The molecule has 0 amide bonds. The van der Waals surface area contributed by atoms with E-state index in [2.05, 4.69) is 12.6 Å². The first kappa shape index (κ1) is 10.9. The van der Waals surface area contributed by atoms with Crippen molar-refractivity contribution in [1.82, 2.24) is 0 Å². The minimum atomic E-state index is 0.768. The van der Waals surface area contributed by atoms with Crippen LogP contribution in [0.2, 0.25) is 0 Å². The molecule has 0 aliphatic rings. The van der Waals surface area contributed by atoms with Crippen LogP contribution in [0.1, 0.15) is 5.56 Å². The molecule has 0 saturated carbocycles. The van der Waals surface area contributed by atoms with Crippen molar-refractivity contribution in [2.75, 3.05) is 7.11 Å². The lowest BCUT2D eigenvalue weighted by atomic mass is 10.0. The number of hydrogen-bond donors (Lipinski definition) is 0. The average Bonchev–Trinajstić information content (AvgIpc) is 2.78. The molecule has 2 heteroatoms. The lowest BCUT2D eigenvalue weighted by molar-refractivity contribution is 0.411. The largest absolute Gasteiger partial charge is 0.496 e. The Morgan fingerprint density at radius 1 is 1.17 bits per heavy atom. The maximum atomic E-state index is 5.85. The predicted molar refractivity (Wildman–Crippen MR) is 74.2 cm³/mol. The second-order valence-corrected chi connectivity index (χ2v) is 4.21. The van der Waals surface area contributed by atoms with Crippen LogP contribution in [0.3, 0.4) is 0 Å². The van der Waals surface area contributed by atoms with E-state index in [1.807, 2.05) is 36.4 Å². The number of furan rings is 1. The first-order valence-corrected chi connectivity index (χ1v) is 5.93. The van der Waals surface area contributed by atoms with Crippen LogP contribution in [0.4, 0.5) is 0 Å². The Hall–Kier alpha value is -2.22. The van der Waals surface area contributed by atoms with Gasteiger partial charge in [-0.25, -0.2) is 0 Å². The van der Waals surface area contributed by atoms with E-state index >= 15 is 0 Å². The Balaban J connectivity index is 2.46. The number of ether oxygens (including phenoxy) is 1. The molecule has 0 atom stereocenters. The summed E-state index contributed by atoms with van der Waals surface area (Å²) < 4.78 is 11.3. The molecule has 3 aromatic rings. The van der Waals surface area contributed by atoms with Gasteiger partial charge in [0, 0.05) is 16.3 Å². The number of rotatable bonds is 3. The fourth-order valence-corrected chi connectivity index (χ4v) is 2.41. The van der Waals surface area contributed by atoms with E-state index in [9.17, 15) is 0 Å². The van der Waals surface area contributed by atoms with Crippen molar-refractivity contribution in [2.45, 2.75) is 6.42 Å². The topological polar surface area (TPSA) is 22.4 Å². The summed E-state index contributed by atoms with van der Waals surface area (Å²) in [5.74, 6) is 0.883. The van der Waals surface area contributed by atoms with Gasteiger partial charge < -0.3 is 9.15 Å². The summed E-state index contributed by atoms with van der Waals surface area (Å²) in [5.41, 5.74) is 2.94. The molecule has 0 bridgehead atoms. The van der Waals surface area contributed by atoms with E-state index in [0.717, 1.165) is 39.7 Å². The third kappa shape index (κ3) is 1.50. The monoisotopic (exact) mass is 238 g/mol. The molecular weight excluding hydrogens is 224 g/mol. The van der Waals surface area contributed by atoms with E-state index in [0.29, 0.717) is 0 Å².